The second-order valence-electron chi connectivity index (χ2n) is 5.84. The maximum atomic E-state index is 12.4. The van der Waals surface area contributed by atoms with Crippen LogP contribution in [-0.4, -0.2) is 62.1 Å². The molecular weight excluding hydrogens is 282 g/mol. The standard InChI is InChI=1S/C15H21N5O2/c1-12(14(21)20-7-6-17-15(20)22)18-8-10-19(11-9-18)13-4-2-3-5-16-13/h2-5,12H,6-11H2,1H3,(H,17,22)/p+2/t12-/m0/s1. The number of rotatable bonds is 3. The van der Waals surface area contributed by atoms with Crippen molar-refractivity contribution < 1.29 is 19.5 Å². The van der Waals surface area contributed by atoms with Gasteiger partial charge in [-0.1, -0.05) is 6.07 Å². The van der Waals surface area contributed by atoms with Crippen LogP contribution in [0.15, 0.2) is 24.4 Å². The van der Waals surface area contributed by atoms with Crippen LogP contribution in [0.2, 0.25) is 0 Å². The van der Waals surface area contributed by atoms with Crippen molar-refractivity contribution >= 4 is 17.8 Å². The van der Waals surface area contributed by atoms with Gasteiger partial charge in [0.25, 0.3) is 11.7 Å². The summed E-state index contributed by atoms with van der Waals surface area (Å²) in [4.78, 5) is 32.2. The molecule has 1 aromatic heterocycles. The molecule has 1 aromatic rings. The van der Waals surface area contributed by atoms with Crippen LogP contribution in [0.4, 0.5) is 10.6 Å². The Morgan fingerprint density at radius 3 is 2.68 bits per heavy atom. The van der Waals surface area contributed by atoms with Crippen molar-refractivity contribution in [1.82, 2.24) is 10.2 Å². The molecule has 2 aliphatic rings. The molecule has 3 rings (SSSR count). The maximum absolute atomic E-state index is 12.4. The zero-order valence-corrected chi connectivity index (χ0v) is 12.8. The van der Waals surface area contributed by atoms with Gasteiger partial charge in [0.2, 0.25) is 0 Å². The molecule has 2 fully saturated rings. The summed E-state index contributed by atoms with van der Waals surface area (Å²) in [7, 11) is 0. The van der Waals surface area contributed by atoms with Crippen LogP contribution >= 0.6 is 0 Å². The zero-order chi connectivity index (χ0) is 15.5. The number of aromatic nitrogens is 1. The van der Waals surface area contributed by atoms with Crippen molar-refractivity contribution in [2.75, 3.05) is 44.2 Å². The summed E-state index contributed by atoms with van der Waals surface area (Å²) < 4.78 is 0. The molecule has 2 aliphatic heterocycles. The number of quaternary nitrogens is 1. The van der Waals surface area contributed by atoms with E-state index in [4.69, 9.17) is 0 Å². The van der Waals surface area contributed by atoms with Gasteiger partial charge in [0.05, 0.1) is 6.20 Å². The van der Waals surface area contributed by atoms with Crippen molar-refractivity contribution in [1.29, 1.82) is 0 Å². The predicted molar refractivity (Wildman–Crippen MR) is 80.5 cm³/mol. The lowest BCUT2D eigenvalue weighted by atomic mass is 10.2. The molecule has 0 unspecified atom stereocenters. The third kappa shape index (κ3) is 2.89. The van der Waals surface area contributed by atoms with Gasteiger partial charge in [-0.15, -0.1) is 0 Å². The number of pyridine rings is 1. The second kappa shape index (κ2) is 6.31. The molecule has 0 spiro atoms. The molecule has 0 aliphatic carbocycles. The van der Waals surface area contributed by atoms with Crippen molar-refractivity contribution in [3.8, 4) is 0 Å². The van der Waals surface area contributed by atoms with Crippen LogP contribution in [0.25, 0.3) is 0 Å². The third-order valence-corrected chi connectivity index (χ3v) is 4.54. The van der Waals surface area contributed by atoms with Gasteiger partial charge in [-0.25, -0.2) is 9.78 Å². The summed E-state index contributed by atoms with van der Waals surface area (Å²) >= 11 is 0. The van der Waals surface area contributed by atoms with E-state index in [1.807, 2.05) is 25.3 Å². The highest BCUT2D eigenvalue weighted by atomic mass is 16.2. The molecule has 2 saturated heterocycles. The number of amides is 3. The summed E-state index contributed by atoms with van der Waals surface area (Å²) in [6.07, 6.45) is 1.92. The third-order valence-electron chi connectivity index (χ3n) is 4.54. The number of anilines is 1. The Balaban J connectivity index is 1.57. The molecule has 0 saturated carbocycles. The molecule has 0 aromatic carbocycles. The van der Waals surface area contributed by atoms with Gasteiger partial charge in [0.15, 0.2) is 6.04 Å². The number of hydrogen-bond donors (Lipinski definition) is 2. The number of piperazine rings is 1. The van der Waals surface area contributed by atoms with Crippen molar-refractivity contribution in [3.05, 3.63) is 24.4 Å². The number of aromatic amines is 1. The number of carbonyl (C=O) groups excluding carboxylic acids is 2. The molecule has 3 N–H and O–H groups in total. The Morgan fingerprint density at radius 2 is 2.09 bits per heavy atom. The largest absolute Gasteiger partial charge is 0.336 e. The molecule has 7 heteroatoms. The van der Waals surface area contributed by atoms with E-state index in [-0.39, 0.29) is 18.0 Å². The first-order chi connectivity index (χ1) is 10.7. The number of hydrogen-bond acceptors (Lipinski definition) is 3. The number of nitrogens with one attached hydrogen (secondary N) is 3. The second-order valence-corrected chi connectivity index (χ2v) is 5.84. The Labute approximate surface area is 129 Å². The molecule has 3 heterocycles. The highest BCUT2D eigenvalue weighted by molar-refractivity contribution is 5.97. The Morgan fingerprint density at radius 1 is 1.32 bits per heavy atom. The maximum Gasteiger partial charge on any atom is 0.324 e. The van der Waals surface area contributed by atoms with Gasteiger partial charge >= 0.3 is 6.03 Å². The van der Waals surface area contributed by atoms with Crippen LogP contribution < -0.4 is 20.1 Å². The minimum Gasteiger partial charge on any atom is -0.336 e. The molecule has 0 bridgehead atoms. The smallest absolute Gasteiger partial charge is 0.324 e. The fraction of sp³-hybridized carbons (Fsp3) is 0.533. The first-order valence-electron chi connectivity index (χ1n) is 7.82. The van der Waals surface area contributed by atoms with Gasteiger partial charge in [0.1, 0.15) is 26.2 Å². The Hall–Kier alpha value is -2.15. The molecule has 3 amide bonds. The van der Waals surface area contributed by atoms with E-state index < -0.39 is 0 Å². The average Bonchev–Trinajstić information content (AvgIpc) is 3.00. The predicted octanol–water partition coefficient (Wildman–Crippen LogP) is -1.85. The van der Waals surface area contributed by atoms with E-state index in [0.29, 0.717) is 13.1 Å². The fourth-order valence-electron chi connectivity index (χ4n) is 3.14. The van der Waals surface area contributed by atoms with Gasteiger partial charge in [-0.3, -0.25) is 14.6 Å². The van der Waals surface area contributed by atoms with Gasteiger partial charge in [0, 0.05) is 19.2 Å². The monoisotopic (exact) mass is 305 g/mol. The van der Waals surface area contributed by atoms with E-state index in [1.54, 1.807) is 0 Å². The zero-order valence-electron chi connectivity index (χ0n) is 12.8. The summed E-state index contributed by atoms with van der Waals surface area (Å²) in [6.45, 7) is 6.56. The minimum atomic E-state index is -0.256. The highest BCUT2D eigenvalue weighted by Crippen LogP contribution is 2.05. The van der Waals surface area contributed by atoms with Crippen molar-refractivity contribution in [3.63, 3.8) is 0 Å². The normalized spacial score (nSPS) is 20.9. The van der Waals surface area contributed by atoms with Gasteiger partial charge in [-0.05, 0) is 13.0 Å². The summed E-state index contributed by atoms with van der Waals surface area (Å²) in [6, 6.07) is 5.61. The summed E-state index contributed by atoms with van der Waals surface area (Å²) in [5.41, 5.74) is 0. The fourth-order valence-corrected chi connectivity index (χ4v) is 3.14. The number of H-pyrrole nitrogens is 1. The Bertz CT molecular complexity index is 542. The van der Waals surface area contributed by atoms with Crippen LogP contribution in [-0.2, 0) is 4.79 Å². The van der Waals surface area contributed by atoms with Gasteiger partial charge < -0.3 is 10.2 Å². The number of nitrogens with zero attached hydrogens (tertiary/aromatic N) is 2. The summed E-state index contributed by atoms with van der Waals surface area (Å²) in [5, 5.41) is 2.68. The van der Waals surface area contributed by atoms with Crippen LogP contribution in [0.1, 0.15) is 6.92 Å². The van der Waals surface area contributed by atoms with Crippen molar-refractivity contribution in [2.24, 2.45) is 0 Å². The molecule has 7 nitrogen and oxygen atoms in total. The van der Waals surface area contributed by atoms with Crippen LogP contribution in [0.5, 0.6) is 0 Å². The lowest BCUT2D eigenvalue weighted by Crippen LogP contribution is -3.19. The first-order valence-corrected chi connectivity index (χ1v) is 7.82. The lowest BCUT2D eigenvalue weighted by Gasteiger charge is -2.32. The topological polar surface area (TPSA) is 71.2 Å². The first kappa shape index (κ1) is 14.8. The molecule has 118 valence electrons. The van der Waals surface area contributed by atoms with E-state index in [0.717, 1.165) is 32.0 Å². The molecule has 0 radical (unpaired) electrons. The lowest BCUT2D eigenvalue weighted by molar-refractivity contribution is -0.915. The average molecular weight is 305 g/mol. The highest BCUT2D eigenvalue weighted by Gasteiger charge is 2.37. The number of urea groups is 1. The van der Waals surface area contributed by atoms with E-state index >= 15 is 0 Å². The molecular formula is C15H23N5O2+2. The minimum absolute atomic E-state index is 0.0651. The van der Waals surface area contributed by atoms with E-state index in [1.165, 1.54) is 9.80 Å². The Kier molecular flexibility index (Phi) is 4.24. The molecule has 1 atom stereocenters. The van der Waals surface area contributed by atoms with Crippen molar-refractivity contribution in [2.45, 2.75) is 13.0 Å². The van der Waals surface area contributed by atoms with Crippen LogP contribution in [0.3, 0.4) is 0 Å². The van der Waals surface area contributed by atoms with E-state index in [9.17, 15) is 9.59 Å². The SMILES string of the molecule is C[C@@H](C(=O)N1CCNC1=O)[NH+]1CCN(c2cccc[nH+]2)CC1. The molecule has 22 heavy (non-hydrogen) atoms. The van der Waals surface area contributed by atoms with Crippen LogP contribution in [0, 0.1) is 0 Å². The van der Waals surface area contributed by atoms with E-state index in [2.05, 4.69) is 21.3 Å². The number of carbonyl (C=O) groups is 2. The van der Waals surface area contributed by atoms with Gasteiger partial charge in [-0.2, -0.15) is 0 Å². The number of imide groups is 1. The summed E-state index contributed by atoms with van der Waals surface area (Å²) in [5.74, 6) is 1.05. The quantitative estimate of drug-likeness (QED) is 0.688.